The maximum atomic E-state index is 5.56. The van der Waals surface area contributed by atoms with Crippen LogP contribution in [-0.4, -0.2) is 48.6 Å². The Labute approximate surface area is 146 Å². The van der Waals surface area contributed by atoms with Crippen molar-refractivity contribution in [2.75, 3.05) is 37.8 Å². The number of fused-ring (bicyclic) bond motifs is 1. The van der Waals surface area contributed by atoms with Crippen LogP contribution in [0, 0.1) is 0 Å². The van der Waals surface area contributed by atoms with Crippen molar-refractivity contribution in [2.45, 2.75) is 6.54 Å². The fourth-order valence-electron chi connectivity index (χ4n) is 3.06. The number of ether oxygens (including phenoxy) is 2. The summed E-state index contributed by atoms with van der Waals surface area (Å²) in [4.78, 5) is 15.8. The van der Waals surface area contributed by atoms with Crippen molar-refractivity contribution in [3.8, 4) is 5.88 Å². The highest BCUT2D eigenvalue weighted by molar-refractivity contribution is 6.15. The third-order valence-electron chi connectivity index (χ3n) is 4.33. The summed E-state index contributed by atoms with van der Waals surface area (Å²) in [5, 5.41) is 0. The highest BCUT2D eigenvalue weighted by atomic mass is 16.5. The first-order valence-electron chi connectivity index (χ1n) is 8.42. The Morgan fingerprint density at radius 1 is 1.24 bits per heavy atom. The van der Waals surface area contributed by atoms with Crippen LogP contribution >= 0.6 is 0 Å². The van der Waals surface area contributed by atoms with Crippen molar-refractivity contribution in [1.82, 2.24) is 9.97 Å². The molecule has 25 heavy (non-hydrogen) atoms. The van der Waals surface area contributed by atoms with Gasteiger partial charge < -0.3 is 14.4 Å². The molecule has 2 aromatic rings. The second-order valence-electron chi connectivity index (χ2n) is 5.95. The Morgan fingerprint density at radius 2 is 2.12 bits per heavy atom. The average molecular weight is 336 g/mol. The van der Waals surface area contributed by atoms with Crippen LogP contribution in [0.4, 0.5) is 5.82 Å². The van der Waals surface area contributed by atoms with Crippen LogP contribution < -0.4 is 9.64 Å². The van der Waals surface area contributed by atoms with E-state index in [2.05, 4.69) is 27.5 Å². The minimum Gasteiger partial charge on any atom is -0.473 e. The Morgan fingerprint density at radius 3 is 2.96 bits per heavy atom. The lowest BCUT2D eigenvalue weighted by molar-refractivity contribution is 0.122. The molecule has 2 aliphatic rings. The maximum Gasteiger partial charge on any atom is 0.214 e. The fraction of sp³-hybridized carbons (Fsp3) is 0.316. The topological polar surface area (TPSA) is 59.8 Å². The lowest BCUT2D eigenvalue weighted by atomic mass is 10.0. The number of hydrogen-bond acceptors (Lipinski definition) is 6. The number of nitrogens with zero attached hydrogens (tertiary/aromatic N) is 4. The molecule has 2 aromatic heterocycles. The van der Waals surface area contributed by atoms with E-state index in [1.165, 1.54) is 0 Å². The van der Waals surface area contributed by atoms with Crippen LogP contribution in [0.25, 0.3) is 0 Å². The van der Waals surface area contributed by atoms with Gasteiger partial charge in [0.1, 0.15) is 12.4 Å². The van der Waals surface area contributed by atoms with E-state index in [0.717, 1.165) is 54.5 Å². The van der Waals surface area contributed by atoms with Gasteiger partial charge in [-0.2, -0.15) is 0 Å². The van der Waals surface area contributed by atoms with Crippen LogP contribution in [0.5, 0.6) is 5.88 Å². The molecule has 4 heterocycles. The number of morpholine rings is 1. The molecule has 1 saturated heterocycles. The first-order chi connectivity index (χ1) is 12.3. The van der Waals surface area contributed by atoms with Gasteiger partial charge in [0.2, 0.25) is 5.88 Å². The van der Waals surface area contributed by atoms with E-state index in [9.17, 15) is 0 Å². The van der Waals surface area contributed by atoms with Gasteiger partial charge in [0.25, 0.3) is 0 Å². The lowest BCUT2D eigenvalue weighted by Gasteiger charge is -2.28. The molecular formula is C19H20N4O2. The van der Waals surface area contributed by atoms with Gasteiger partial charge in [0.15, 0.2) is 0 Å². The van der Waals surface area contributed by atoms with Crippen molar-refractivity contribution < 1.29 is 9.47 Å². The SMILES string of the molecule is C=CCOc1cc2c(cn1)CN=C2c1ccnc(N2CCOCC2)c1. The van der Waals surface area contributed by atoms with Gasteiger partial charge in [-0.25, -0.2) is 9.97 Å². The highest BCUT2D eigenvalue weighted by Gasteiger charge is 2.20. The molecule has 0 spiro atoms. The minimum atomic E-state index is 0.439. The van der Waals surface area contributed by atoms with Gasteiger partial charge >= 0.3 is 0 Å². The van der Waals surface area contributed by atoms with Crippen LogP contribution in [0.1, 0.15) is 16.7 Å². The van der Waals surface area contributed by atoms with Gasteiger partial charge in [-0.05, 0) is 12.1 Å². The Hall–Kier alpha value is -2.73. The van der Waals surface area contributed by atoms with Gasteiger partial charge in [0.05, 0.1) is 25.5 Å². The summed E-state index contributed by atoms with van der Waals surface area (Å²) in [6.07, 6.45) is 5.40. The summed E-state index contributed by atoms with van der Waals surface area (Å²) >= 11 is 0. The average Bonchev–Trinajstić information content (AvgIpc) is 3.10. The van der Waals surface area contributed by atoms with Gasteiger partial charge in [0, 0.05) is 48.2 Å². The summed E-state index contributed by atoms with van der Waals surface area (Å²) < 4.78 is 11.0. The predicted octanol–water partition coefficient (Wildman–Crippen LogP) is 2.23. The van der Waals surface area contributed by atoms with E-state index in [1.54, 1.807) is 6.08 Å². The zero-order valence-electron chi connectivity index (χ0n) is 14.0. The summed E-state index contributed by atoms with van der Waals surface area (Å²) in [6, 6.07) is 6.06. The first-order valence-corrected chi connectivity index (χ1v) is 8.42. The summed E-state index contributed by atoms with van der Waals surface area (Å²) in [5.74, 6) is 1.56. The lowest BCUT2D eigenvalue weighted by Crippen LogP contribution is -2.36. The molecule has 0 aliphatic carbocycles. The first kappa shape index (κ1) is 15.8. The summed E-state index contributed by atoms with van der Waals surface area (Å²) in [6.45, 7) is 7.97. The summed E-state index contributed by atoms with van der Waals surface area (Å²) in [5.41, 5.74) is 4.23. The normalized spacial score (nSPS) is 16.3. The van der Waals surface area contributed by atoms with Crippen LogP contribution in [0.3, 0.4) is 0 Å². The molecule has 4 rings (SSSR count). The highest BCUT2D eigenvalue weighted by Crippen LogP contribution is 2.26. The number of hydrogen-bond donors (Lipinski definition) is 0. The molecule has 0 aromatic carbocycles. The molecule has 128 valence electrons. The molecular weight excluding hydrogens is 316 g/mol. The third kappa shape index (κ3) is 3.25. The van der Waals surface area contributed by atoms with E-state index in [0.29, 0.717) is 19.0 Å². The third-order valence-corrected chi connectivity index (χ3v) is 4.33. The number of anilines is 1. The molecule has 0 amide bonds. The van der Waals surface area contributed by atoms with Crippen molar-refractivity contribution in [3.05, 3.63) is 59.9 Å². The molecule has 0 radical (unpaired) electrons. The maximum absolute atomic E-state index is 5.56. The molecule has 1 fully saturated rings. The summed E-state index contributed by atoms with van der Waals surface area (Å²) in [7, 11) is 0. The molecule has 0 N–H and O–H groups in total. The van der Waals surface area contributed by atoms with Crippen LogP contribution in [0.15, 0.2) is 48.2 Å². The van der Waals surface area contributed by atoms with E-state index >= 15 is 0 Å². The number of aromatic nitrogens is 2. The number of aliphatic imine (C=N–C) groups is 1. The largest absolute Gasteiger partial charge is 0.473 e. The quantitative estimate of drug-likeness (QED) is 0.784. The second kappa shape index (κ2) is 7.03. The fourth-order valence-corrected chi connectivity index (χ4v) is 3.06. The predicted molar refractivity (Wildman–Crippen MR) is 96.5 cm³/mol. The van der Waals surface area contributed by atoms with Crippen molar-refractivity contribution in [2.24, 2.45) is 4.99 Å². The van der Waals surface area contributed by atoms with E-state index in [4.69, 9.17) is 14.5 Å². The zero-order valence-corrected chi connectivity index (χ0v) is 14.0. The van der Waals surface area contributed by atoms with Crippen molar-refractivity contribution >= 4 is 11.5 Å². The van der Waals surface area contributed by atoms with E-state index in [-0.39, 0.29) is 0 Å². The molecule has 0 atom stereocenters. The van der Waals surface area contributed by atoms with E-state index < -0.39 is 0 Å². The molecule has 0 saturated carbocycles. The molecule has 0 bridgehead atoms. The smallest absolute Gasteiger partial charge is 0.214 e. The molecule has 6 heteroatoms. The zero-order chi connectivity index (χ0) is 17.1. The van der Waals surface area contributed by atoms with Crippen molar-refractivity contribution in [1.29, 1.82) is 0 Å². The standard InChI is InChI=1S/C19H20N4O2/c1-2-7-25-18-11-16-15(12-21-18)13-22-19(16)14-3-4-20-17(10-14)23-5-8-24-9-6-23/h2-4,10-12H,1,5-9,13H2. The Bertz CT molecular complexity index is 813. The minimum absolute atomic E-state index is 0.439. The molecule has 0 unspecified atom stereocenters. The van der Waals surface area contributed by atoms with Gasteiger partial charge in [-0.3, -0.25) is 4.99 Å². The number of pyridine rings is 2. The van der Waals surface area contributed by atoms with Crippen LogP contribution in [0.2, 0.25) is 0 Å². The van der Waals surface area contributed by atoms with Crippen LogP contribution in [-0.2, 0) is 11.3 Å². The van der Waals surface area contributed by atoms with Gasteiger partial charge in [-0.15, -0.1) is 0 Å². The second-order valence-corrected chi connectivity index (χ2v) is 5.95. The van der Waals surface area contributed by atoms with Crippen molar-refractivity contribution in [3.63, 3.8) is 0 Å². The Kier molecular flexibility index (Phi) is 4.43. The van der Waals surface area contributed by atoms with Gasteiger partial charge in [-0.1, -0.05) is 12.7 Å². The monoisotopic (exact) mass is 336 g/mol. The molecule has 2 aliphatic heterocycles. The van der Waals surface area contributed by atoms with E-state index in [1.807, 2.05) is 24.5 Å². The molecule has 6 nitrogen and oxygen atoms in total. The Balaban J connectivity index is 1.62. The number of rotatable bonds is 5.